The van der Waals surface area contributed by atoms with Crippen molar-refractivity contribution < 1.29 is 167 Å². The van der Waals surface area contributed by atoms with E-state index in [4.69, 9.17) is 77.3 Å². The van der Waals surface area contributed by atoms with Crippen LogP contribution in [0.25, 0.3) is 11.1 Å². The second kappa shape index (κ2) is 45.1. The zero-order valence-corrected chi connectivity index (χ0v) is 77.2. The maximum atomic E-state index is 17.2. The fourth-order valence-corrected chi connectivity index (χ4v) is 18.0. The lowest BCUT2D eigenvalue weighted by Crippen LogP contribution is -2.65. The van der Waals surface area contributed by atoms with Crippen LogP contribution in [-0.4, -0.2) is 272 Å². The van der Waals surface area contributed by atoms with E-state index < -0.39 is 339 Å². The molecule has 9 aliphatic heterocycles. The highest BCUT2D eigenvalue weighted by Gasteiger charge is 2.53. The number of nitrogens with two attached hydrogens (primary N) is 2. The van der Waals surface area contributed by atoms with Crippen molar-refractivity contribution in [3.8, 4) is 80.1 Å². The van der Waals surface area contributed by atoms with Crippen LogP contribution in [0.5, 0.6) is 69.0 Å². The fourth-order valence-electron chi connectivity index (χ4n) is 17.5. The van der Waals surface area contributed by atoms with Crippen molar-refractivity contribution in [2.24, 2.45) is 17.4 Å². The minimum Gasteiger partial charge on any atom is -0.508 e. The summed E-state index contributed by atoms with van der Waals surface area (Å²) in [5.41, 5.74) is 8.03. The molecule has 24 atom stereocenters. The van der Waals surface area contributed by atoms with Crippen LogP contribution in [0, 0.1) is 5.92 Å². The predicted octanol–water partition coefficient (Wildman–Crippen LogP) is 0.633. The molecule has 17 bridgehead atoms. The van der Waals surface area contributed by atoms with Gasteiger partial charge in [-0.05, 0) is 144 Å². The minimum atomic E-state index is -2.62. The molecule has 45 nitrogen and oxygen atoms in total. The zero-order valence-electron chi connectivity index (χ0n) is 75.7. The van der Waals surface area contributed by atoms with Gasteiger partial charge in [0.05, 0.1) is 35.9 Å². The monoisotopic (exact) mass is 2010 g/mol. The van der Waals surface area contributed by atoms with Crippen LogP contribution in [0.2, 0.25) is 10.0 Å². The second-order valence-electron chi connectivity index (χ2n) is 35.5. The van der Waals surface area contributed by atoms with Gasteiger partial charge in [0.25, 0.3) is 0 Å². The Bertz CT molecular complexity index is 5850. The normalized spacial score (nSPS) is 28.0. The van der Waals surface area contributed by atoms with E-state index in [0.717, 1.165) is 117 Å². The van der Waals surface area contributed by atoms with E-state index in [2.05, 4.69) is 61.7 Å². The summed E-state index contributed by atoms with van der Waals surface area (Å²) in [5.74, 6) is -20.8. The lowest BCUT2D eigenvalue weighted by molar-refractivity contribution is -0.284. The first kappa shape index (κ1) is 104. The molecule has 0 aliphatic carbocycles. The van der Waals surface area contributed by atoms with Crippen LogP contribution >= 0.6 is 23.2 Å². The summed E-state index contributed by atoms with van der Waals surface area (Å²) in [4.78, 5) is 155. The Hall–Kier alpha value is -12.6. The van der Waals surface area contributed by atoms with E-state index in [0.29, 0.717) is 31.6 Å². The molecule has 9 aliphatic rings. The van der Waals surface area contributed by atoms with Crippen LogP contribution < -0.4 is 83.0 Å². The van der Waals surface area contributed by atoms with E-state index in [9.17, 15) is 95.8 Å². The highest BCUT2D eigenvalue weighted by atomic mass is 35.5. The molecule has 7 aromatic rings. The third-order valence-corrected chi connectivity index (χ3v) is 25.5. The van der Waals surface area contributed by atoms with Crippen molar-refractivity contribution in [1.29, 1.82) is 0 Å². The molecular formula is C94H109Cl2N11O34. The molecule has 0 saturated carbocycles. The molecule has 3 saturated heterocycles. The Morgan fingerprint density at radius 3 is 1.69 bits per heavy atom. The number of aliphatic hydroxyl groups excluding tert-OH is 10. The van der Waals surface area contributed by atoms with Crippen LogP contribution in [0.1, 0.15) is 154 Å². The first-order valence-electron chi connectivity index (χ1n) is 45.3. The van der Waals surface area contributed by atoms with E-state index in [-0.39, 0.29) is 41.3 Å². The summed E-state index contributed by atoms with van der Waals surface area (Å²) >= 11 is 14.8. The van der Waals surface area contributed by atoms with Crippen LogP contribution in [0.3, 0.4) is 0 Å². The standard InChI is InChI=1S/C94H109Cl2N11O34/c1-37(2)10-6-4-5-7-12-65(116)101-73-79(121)76(118)63(35-109)138-93(73)141-83-60-29-44-30-61(83)135-57-20-16-42(27-51(57)96)82(140-92-72(99-38(3)111)78(120)75(117)62(34-108)137-92)74-90(130)106-71(91(131)132)49-32-46(113)33-59(136-94-81(123)80(122)77(119)64(36-110)139-94)66(49)48-26-40(14-17-54(48)114)67(87(127)107-74)104-89(129)70(44)105-88(128)69-43-24-45(112)31-47(25-43)133-58-28-41(15-18-55(58)115)68(102-84(124)52(98)11-8-9-21-97)86(126)100-53(85(125)103-69)23-39-13-19-56(134-60)50(95)22-39/h13-20,22,24-33,37,52-53,62-64,67-82,92-94,108-110,112-115,117-123H,4-12,21,23,34-36,97-98H2,1-3H3,(H,99,111)(H,100,126)(H,101,116)(H,102,124)(H,103,125)(H,104,129)(H,105,128)(H,106,130)(H,107,127)(H,131,132)/t52-,53-,62-,63-,64-,67-,68-,69+,70-,71+,72-,73-,74+,75-,76-,77-,78-,79-,80+,81+,82-,92+,93+,94+/m1/s1. The number of amides is 9. The lowest BCUT2D eigenvalue weighted by atomic mass is 9.89. The van der Waals surface area contributed by atoms with Crippen molar-refractivity contribution >= 4 is 82.3 Å². The van der Waals surface area contributed by atoms with E-state index in [1.165, 1.54) is 24.3 Å². The quantitative estimate of drug-likeness (QED) is 0.0349. The van der Waals surface area contributed by atoms with Gasteiger partial charge in [-0.15, -0.1) is 0 Å². The number of aromatic hydroxyl groups is 4. The molecule has 758 valence electrons. The van der Waals surface area contributed by atoms with Crippen LogP contribution in [-0.2, 0) is 73.3 Å². The van der Waals surface area contributed by atoms with Crippen molar-refractivity contribution in [3.63, 3.8) is 0 Å². The Morgan fingerprint density at radius 2 is 1.06 bits per heavy atom. The van der Waals surface area contributed by atoms with Gasteiger partial charge >= 0.3 is 5.97 Å². The van der Waals surface area contributed by atoms with Gasteiger partial charge in [-0.1, -0.05) is 93.4 Å². The molecule has 47 heteroatoms. The third-order valence-electron chi connectivity index (χ3n) is 24.9. The first-order valence-corrected chi connectivity index (χ1v) is 46.1. The van der Waals surface area contributed by atoms with Gasteiger partial charge in [0.15, 0.2) is 35.3 Å². The van der Waals surface area contributed by atoms with Gasteiger partial charge in [0.2, 0.25) is 71.5 Å². The topological polar surface area (TPSA) is 718 Å². The van der Waals surface area contributed by atoms with Crippen LogP contribution in [0.15, 0.2) is 115 Å². The average molecular weight is 2010 g/mol. The number of nitrogens with one attached hydrogen (secondary N) is 9. The summed E-state index contributed by atoms with van der Waals surface area (Å²) in [7, 11) is 0. The number of carbonyl (C=O) groups is 10. The molecule has 141 heavy (non-hydrogen) atoms. The number of carboxylic acids is 1. The van der Waals surface area contributed by atoms with Crippen molar-refractivity contribution in [2.45, 2.75) is 231 Å². The molecule has 9 heterocycles. The summed E-state index contributed by atoms with van der Waals surface area (Å²) in [6, 6.07) is -1.54. The number of fused-ring (bicyclic) bond motifs is 14. The number of aliphatic hydroxyl groups is 10. The summed E-state index contributed by atoms with van der Waals surface area (Å²) in [5, 5.41) is 194. The number of ether oxygens (including phenoxy) is 9. The van der Waals surface area contributed by atoms with E-state index in [1.54, 1.807) is 0 Å². The van der Waals surface area contributed by atoms with Gasteiger partial charge in [-0.2, -0.15) is 0 Å². The average Bonchev–Trinajstić information content (AvgIpc) is 0.767. The van der Waals surface area contributed by atoms with Gasteiger partial charge in [0.1, 0.15) is 156 Å². The maximum absolute atomic E-state index is 17.2. The predicted molar refractivity (Wildman–Crippen MR) is 488 cm³/mol. The number of hydrogen-bond acceptors (Lipinski definition) is 35. The first-order chi connectivity index (χ1) is 67.2. The van der Waals surface area contributed by atoms with E-state index >= 15 is 28.8 Å². The number of phenolic OH excluding ortho intramolecular Hbond substituents is 4. The highest BCUT2D eigenvalue weighted by Crippen LogP contribution is 2.51. The number of carbonyl (C=O) groups excluding carboxylic acids is 9. The lowest BCUT2D eigenvalue weighted by Gasteiger charge is -2.44. The highest BCUT2D eigenvalue weighted by molar-refractivity contribution is 6.32. The maximum Gasteiger partial charge on any atom is 0.330 e. The van der Waals surface area contributed by atoms with Gasteiger partial charge < -0.3 is 179 Å². The Morgan fingerprint density at radius 1 is 0.496 bits per heavy atom. The number of rotatable bonds is 25. The molecule has 0 aromatic heterocycles. The molecule has 7 aromatic carbocycles. The third kappa shape index (κ3) is 23.6. The zero-order chi connectivity index (χ0) is 102. The molecule has 0 radical (unpaired) electrons. The van der Waals surface area contributed by atoms with Gasteiger partial charge in [-0.3, -0.25) is 43.2 Å². The number of carboxylic acid groups (broad SMARTS) is 1. The van der Waals surface area contributed by atoms with Crippen molar-refractivity contribution in [1.82, 2.24) is 47.9 Å². The molecule has 16 rings (SSSR count). The Kier molecular flexibility index (Phi) is 33.3. The number of phenols is 4. The SMILES string of the molecule is CC(=O)N[C@H]1[C@H](O[C@@H]2c3ccc(c(Cl)c3)Oc3cc4cc(c3O[C@@H]3O[C@H](CO)[C@@H](O)[C@H](O)[C@H]3NC(=O)CCCCCCC(C)C)Oc3ccc(cc3Cl)C[C@H]3NC(=O)[C@H](NC(=O)[C@H](N)CCCCN)c5ccc(O)c(c5)Oc5cc(O)cc(c5)[C@H](NC3=O)C(=O)N[C@H]4C(=O)N[C@H]3C(=O)N[C@@H]2C(=O)N[C@H](C(=O)O)c2cc(O)cc(O[C@H]4O[C@H](CO)[C@@H](O)[C@H](O)[C@@H]4O)c2-c2cc3ccc2O)O[C@H](CO)[C@@H](O)[C@@H]1O. The Labute approximate surface area is 812 Å². The second-order valence-corrected chi connectivity index (χ2v) is 36.4. The van der Waals surface area contributed by atoms with Crippen molar-refractivity contribution in [2.75, 3.05) is 26.4 Å². The van der Waals surface area contributed by atoms with Crippen molar-refractivity contribution in [3.05, 3.63) is 164 Å². The largest absolute Gasteiger partial charge is 0.508 e. The Balaban J connectivity index is 1.03. The molecule has 9 amide bonds. The summed E-state index contributed by atoms with van der Waals surface area (Å²) < 4.78 is 57.8. The number of unbranched alkanes of at least 4 members (excludes halogenated alkanes) is 4. The number of benzene rings is 7. The van der Waals surface area contributed by atoms with Gasteiger partial charge in [-0.25, -0.2) is 4.79 Å². The molecule has 0 spiro atoms. The van der Waals surface area contributed by atoms with Crippen LogP contribution in [0.4, 0.5) is 0 Å². The van der Waals surface area contributed by atoms with Gasteiger partial charge in [0, 0.05) is 48.6 Å². The number of aliphatic carboxylic acids is 1. The fraction of sp³-hybridized carbons (Fsp3) is 0.447. The molecular weight excluding hydrogens is 1900 g/mol. The minimum absolute atomic E-state index is 0.0752. The molecule has 28 N–H and O–H groups in total. The smallest absolute Gasteiger partial charge is 0.330 e. The van der Waals surface area contributed by atoms with E-state index in [1.807, 2.05) is 0 Å². The number of hydrogen-bond donors (Lipinski definition) is 26. The number of halogens is 2. The molecule has 0 unspecified atom stereocenters. The summed E-state index contributed by atoms with van der Waals surface area (Å²) in [6.07, 6.45) is -25.4. The summed E-state index contributed by atoms with van der Waals surface area (Å²) in [6.45, 7) is 2.16. The molecule has 3 fully saturated rings.